The zero-order valence-corrected chi connectivity index (χ0v) is 17.2. The van der Waals surface area contributed by atoms with Crippen molar-refractivity contribution < 1.29 is 18.8 Å². The van der Waals surface area contributed by atoms with Crippen LogP contribution in [0.5, 0.6) is 0 Å². The molecule has 138 valence electrons. The second-order valence-corrected chi connectivity index (χ2v) is 13.5. The SMILES string of the molecule is C=CCOC(=O)C1=C2CCSC[C@@H]2[C@@H]2[C@@H]([C@@H](C)O[Si](C)(C)C)C(=O)N12. The normalized spacial score (nSPS) is 29.7. The molecule has 0 aromatic rings. The van der Waals surface area contributed by atoms with Crippen molar-refractivity contribution in [1.82, 2.24) is 4.90 Å². The van der Waals surface area contributed by atoms with Crippen LogP contribution in [-0.4, -0.2) is 55.4 Å². The molecule has 4 atom stereocenters. The Balaban J connectivity index is 1.85. The van der Waals surface area contributed by atoms with Gasteiger partial charge in [0, 0.05) is 11.7 Å². The maximum absolute atomic E-state index is 12.9. The number of esters is 1. The highest BCUT2D eigenvalue weighted by Crippen LogP contribution is 2.51. The van der Waals surface area contributed by atoms with Gasteiger partial charge in [-0.25, -0.2) is 4.79 Å². The topological polar surface area (TPSA) is 55.8 Å². The molecular formula is C18H27NO4SSi. The third-order valence-electron chi connectivity index (χ3n) is 4.98. The molecule has 7 heteroatoms. The second kappa shape index (κ2) is 6.93. The van der Waals surface area contributed by atoms with Crippen molar-refractivity contribution in [2.75, 3.05) is 18.1 Å². The Kier molecular flexibility index (Phi) is 5.19. The Morgan fingerprint density at radius 1 is 1.48 bits per heavy atom. The highest BCUT2D eigenvalue weighted by molar-refractivity contribution is 7.99. The summed E-state index contributed by atoms with van der Waals surface area (Å²) in [5.41, 5.74) is 1.60. The molecule has 0 saturated carbocycles. The summed E-state index contributed by atoms with van der Waals surface area (Å²) >= 11 is 1.90. The molecule has 2 fully saturated rings. The lowest BCUT2D eigenvalue weighted by Gasteiger charge is -2.49. The highest BCUT2D eigenvalue weighted by atomic mass is 32.2. The summed E-state index contributed by atoms with van der Waals surface area (Å²) in [4.78, 5) is 27.1. The predicted octanol–water partition coefficient (Wildman–Crippen LogP) is 2.80. The Morgan fingerprint density at radius 2 is 2.20 bits per heavy atom. The first-order valence-corrected chi connectivity index (χ1v) is 13.4. The average molecular weight is 382 g/mol. The molecule has 0 N–H and O–H groups in total. The van der Waals surface area contributed by atoms with Gasteiger partial charge >= 0.3 is 5.97 Å². The van der Waals surface area contributed by atoms with Gasteiger partial charge in [0.05, 0.1) is 18.1 Å². The van der Waals surface area contributed by atoms with E-state index in [2.05, 4.69) is 26.2 Å². The van der Waals surface area contributed by atoms with Crippen LogP contribution in [0.25, 0.3) is 0 Å². The highest BCUT2D eigenvalue weighted by Gasteiger charge is 2.61. The third-order valence-corrected chi connectivity index (χ3v) is 7.14. The molecule has 0 aromatic carbocycles. The number of hydrogen-bond acceptors (Lipinski definition) is 5. The van der Waals surface area contributed by atoms with E-state index in [4.69, 9.17) is 9.16 Å². The minimum absolute atomic E-state index is 0.00760. The Hall–Kier alpha value is -1.05. The summed E-state index contributed by atoms with van der Waals surface area (Å²) in [5.74, 6) is 1.66. The van der Waals surface area contributed by atoms with Crippen molar-refractivity contribution in [3.05, 3.63) is 23.9 Å². The minimum Gasteiger partial charge on any atom is -0.457 e. The van der Waals surface area contributed by atoms with E-state index in [0.717, 1.165) is 23.5 Å². The number of thioether (sulfide) groups is 1. The molecule has 3 heterocycles. The van der Waals surface area contributed by atoms with Crippen LogP contribution in [0.1, 0.15) is 13.3 Å². The first-order chi connectivity index (χ1) is 11.8. The summed E-state index contributed by atoms with van der Waals surface area (Å²) < 4.78 is 11.5. The minimum atomic E-state index is -1.73. The van der Waals surface area contributed by atoms with Crippen LogP contribution in [0, 0.1) is 11.8 Å². The largest absolute Gasteiger partial charge is 0.457 e. The Morgan fingerprint density at radius 3 is 2.84 bits per heavy atom. The Labute approximate surface area is 154 Å². The van der Waals surface area contributed by atoms with Crippen LogP contribution in [0.4, 0.5) is 0 Å². The number of rotatable bonds is 6. The molecule has 0 aliphatic carbocycles. The van der Waals surface area contributed by atoms with Gasteiger partial charge in [-0.2, -0.15) is 11.8 Å². The summed E-state index contributed by atoms with van der Waals surface area (Å²) in [6.45, 7) is 12.2. The lowest BCUT2D eigenvalue weighted by atomic mass is 9.77. The number of carbonyl (C=O) groups is 2. The molecule has 0 bridgehead atoms. The summed E-state index contributed by atoms with van der Waals surface area (Å²) in [6.07, 6.45) is 2.29. The van der Waals surface area contributed by atoms with Crippen molar-refractivity contribution >= 4 is 32.0 Å². The quantitative estimate of drug-likeness (QED) is 0.306. The fourth-order valence-electron chi connectivity index (χ4n) is 4.20. The smallest absolute Gasteiger partial charge is 0.355 e. The fraction of sp³-hybridized carbons (Fsp3) is 0.667. The molecule has 2 saturated heterocycles. The van der Waals surface area contributed by atoms with Crippen LogP contribution in [0.15, 0.2) is 23.9 Å². The first-order valence-electron chi connectivity index (χ1n) is 8.86. The maximum atomic E-state index is 12.9. The van der Waals surface area contributed by atoms with E-state index in [1.165, 1.54) is 0 Å². The van der Waals surface area contributed by atoms with E-state index in [9.17, 15) is 9.59 Å². The number of ether oxygens (including phenoxy) is 1. The molecule has 25 heavy (non-hydrogen) atoms. The van der Waals surface area contributed by atoms with Crippen molar-refractivity contribution in [1.29, 1.82) is 0 Å². The van der Waals surface area contributed by atoms with E-state index >= 15 is 0 Å². The van der Waals surface area contributed by atoms with Crippen LogP contribution < -0.4 is 0 Å². The van der Waals surface area contributed by atoms with Gasteiger partial charge in [-0.1, -0.05) is 12.7 Å². The molecule has 0 radical (unpaired) electrons. The molecule has 0 unspecified atom stereocenters. The number of carbonyl (C=O) groups excluding carboxylic acids is 2. The summed E-state index contributed by atoms with van der Waals surface area (Å²) in [7, 11) is -1.73. The van der Waals surface area contributed by atoms with E-state index < -0.39 is 8.32 Å². The van der Waals surface area contributed by atoms with Crippen molar-refractivity contribution in [2.45, 2.75) is 45.1 Å². The van der Waals surface area contributed by atoms with Gasteiger partial charge in [0.15, 0.2) is 8.32 Å². The number of amides is 1. The van der Waals surface area contributed by atoms with Crippen molar-refractivity contribution in [2.24, 2.45) is 11.8 Å². The van der Waals surface area contributed by atoms with Crippen LogP contribution in [0.3, 0.4) is 0 Å². The van der Waals surface area contributed by atoms with Crippen LogP contribution in [0.2, 0.25) is 19.6 Å². The van der Waals surface area contributed by atoms with Gasteiger partial charge in [-0.15, -0.1) is 0 Å². The van der Waals surface area contributed by atoms with Gasteiger partial charge in [0.2, 0.25) is 5.91 Å². The fourth-order valence-corrected chi connectivity index (χ4v) is 6.64. The molecule has 3 aliphatic rings. The average Bonchev–Trinajstić information content (AvgIpc) is 2.82. The lowest BCUT2D eigenvalue weighted by Crippen LogP contribution is -2.65. The molecule has 0 aromatic heterocycles. The zero-order valence-electron chi connectivity index (χ0n) is 15.4. The molecular weight excluding hydrogens is 354 g/mol. The molecule has 3 aliphatic heterocycles. The van der Waals surface area contributed by atoms with Crippen LogP contribution in [-0.2, 0) is 18.8 Å². The Bertz CT molecular complexity index is 627. The zero-order chi connectivity index (χ0) is 18.4. The summed E-state index contributed by atoms with van der Waals surface area (Å²) in [5, 5.41) is 0. The van der Waals surface area contributed by atoms with Crippen molar-refractivity contribution in [3.8, 4) is 0 Å². The first kappa shape index (κ1) is 18.7. The number of fused-ring (bicyclic) bond motifs is 3. The van der Waals surface area contributed by atoms with E-state index in [0.29, 0.717) is 5.70 Å². The third kappa shape index (κ3) is 3.33. The van der Waals surface area contributed by atoms with Gasteiger partial charge in [0.1, 0.15) is 12.3 Å². The predicted molar refractivity (Wildman–Crippen MR) is 102 cm³/mol. The number of nitrogens with zero attached hydrogens (tertiary/aromatic N) is 1. The molecule has 0 spiro atoms. The molecule has 1 amide bonds. The van der Waals surface area contributed by atoms with E-state index in [1.54, 1.807) is 11.0 Å². The second-order valence-electron chi connectivity index (χ2n) is 7.85. The number of β-lactam (4-membered cyclic amide) rings is 1. The lowest BCUT2D eigenvalue weighted by molar-refractivity contribution is -0.163. The van der Waals surface area contributed by atoms with Gasteiger partial charge in [-0.3, -0.25) is 4.79 Å². The van der Waals surface area contributed by atoms with Gasteiger partial charge in [0.25, 0.3) is 0 Å². The number of hydrogen-bond donors (Lipinski definition) is 0. The molecule has 3 rings (SSSR count). The monoisotopic (exact) mass is 381 g/mol. The van der Waals surface area contributed by atoms with Crippen molar-refractivity contribution in [3.63, 3.8) is 0 Å². The van der Waals surface area contributed by atoms with Crippen LogP contribution >= 0.6 is 11.8 Å². The summed E-state index contributed by atoms with van der Waals surface area (Å²) in [6, 6.07) is 0.0490. The molecule has 5 nitrogen and oxygen atoms in total. The standard InChI is InChI=1S/C18H27NO4SSi/c1-6-8-22-18(21)16-12-7-9-24-10-13(12)15-14(17(20)19(15)16)11(2)23-25(3,4)5/h6,11,13-15H,1,7-10H2,2-5H3/t11-,13+,14-,15-/m1/s1. The maximum Gasteiger partial charge on any atom is 0.355 e. The van der Waals surface area contributed by atoms with E-state index in [1.807, 2.05) is 18.7 Å². The van der Waals surface area contributed by atoms with Gasteiger partial charge in [-0.05, 0) is 44.3 Å². The van der Waals surface area contributed by atoms with E-state index in [-0.39, 0.29) is 42.5 Å². The van der Waals surface area contributed by atoms with Gasteiger partial charge < -0.3 is 14.1 Å².